The van der Waals surface area contributed by atoms with Gasteiger partial charge in [0.15, 0.2) is 0 Å². The quantitative estimate of drug-likeness (QED) is 0.793. The Kier molecular flexibility index (Phi) is 5.04. The molecule has 1 aromatic carbocycles. The second kappa shape index (κ2) is 7.23. The molecule has 1 heterocycles. The van der Waals surface area contributed by atoms with Gasteiger partial charge in [0, 0.05) is 19.9 Å². The minimum absolute atomic E-state index is 0.136. The molecule has 25 heavy (non-hydrogen) atoms. The van der Waals surface area contributed by atoms with Crippen molar-refractivity contribution in [2.75, 3.05) is 25.6 Å². The Balaban J connectivity index is 1.68. The number of carbonyl (C=O) groups is 1. The Morgan fingerprint density at radius 3 is 2.80 bits per heavy atom. The van der Waals surface area contributed by atoms with Crippen LogP contribution in [0.5, 0.6) is 0 Å². The predicted octanol–water partition coefficient (Wildman–Crippen LogP) is 3.29. The molecule has 5 heteroatoms. The topological polar surface area (TPSA) is 63.2 Å². The third kappa shape index (κ3) is 3.82. The van der Waals surface area contributed by atoms with E-state index in [0.717, 1.165) is 12.2 Å². The molecule has 0 fully saturated rings. The van der Waals surface area contributed by atoms with Crippen molar-refractivity contribution in [2.45, 2.75) is 31.7 Å². The van der Waals surface area contributed by atoms with E-state index < -0.39 is 0 Å². The van der Waals surface area contributed by atoms with Crippen molar-refractivity contribution in [2.24, 2.45) is 0 Å². The number of hydrogen-bond acceptors (Lipinski definition) is 4. The lowest BCUT2D eigenvalue weighted by molar-refractivity contribution is 0.0937. The maximum Gasteiger partial charge on any atom is 0.252 e. The van der Waals surface area contributed by atoms with Crippen molar-refractivity contribution in [1.29, 1.82) is 0 Å². The van der Waals surface area contributed by atoms with Gasteiger partial charge in [0.2, 0.25) is 0 Å². The van der Waals surface area contributed by atoms with Gasteiger partial charge in [0.1, 0.15) is 5.82 Å². The first-order chi connectivity index (χ1) is 12.0. The van der Waals surface area contributed by atoms with Crippen molar-refractivity contribution in [3.05, 3.63) is 59.3 Å². The Bertz CT molecular complexity index is 741. The summed E-state index contributed by atoms with van der Waals surface area (Å²) in [7, 11) is 1.61. The third-order valence-electron chi connectivity index (χ3n) is 4.72. The predicted molar refractivity (Wildman–Crippen MR) is 98.9 cm³/mol. The molecular formula is C20H25N3O2. The van der Waals surface area contributed by atoms with Crippen LogP contribution >= 0.6 is 0 Å². The highest BCUT2D eigenvalue weighted by atomic mass is 16.5. The molecule has 1 amide bonds. The van der Waals surface area contributed by atoms with Crippen molar-refractivity contribution >= 4 is 11.7 Å². The SMILES string of the molecule is COCCNC(=O)c1ccc(NC2CC(C)(C)c3ccccc32)nc1. The zero-order chi connectivity index (χ0) is 17.9. The summed E-state index contributed by atoms with van der Waals surface area (Å²) in [6, 6.07) is 12.5. The number of methoxy groups -OCH3 is 1. The van der Waals surface area contributed by atoms with E-state index in [1.807, 2.05) is 6.07 Å². The molecule has 0 saturated carbocycles. The number of ether oxygens (including phenoxy) is 1. The van der Waals surface area contributed by atoms with E-state index in [1.54, 1.807) is 19.4 Å². The van der Waals surface area contributed by atoms with E-state index in [9.17, 15) is 4.79 Å². The highest BCUT2D eigenvalue weighted by Crippen LogP contribution is 2.45. The Morgan fingerprint density at radius 1 is 1.28 bits per heavy atom. The van der Waals surface area contributed by atoms with Crippen LogP contribution in [-0.2, 0) is 10.2 Å². The van der Waals surface area contributed by atoms with Gasteiger partial charge in [0.25, 0.3) is 5.91 Å². The second-order valence-corrected chi connectivity index (χ2v) is 7.05. The number of anilines is 1. The maximum absolute atomic E-state index is 12.0. The maximum atomic E-state index is 12.0. The highest BCUT2D eigenvalue weighted by Gasteiger charge is 2.36. The first-order valence-corrected chi connectivity index (χ1v) is 8.60. The van der Waals surface area contributed by atoms with E-state index in [4.69, 9.17) is 4.74 Å². The van der Waals surface area contributed by atoms with Crippen LogP contribution in [-0.4, -0.2) is 31.2 Å². The molecule has 1 unspecified atom stereocenters. The van der Waals surface area contributed by atoms with Gasteiger partial charge in [-0.2, -0.15) is 0 Å². The number of amides is 1. The van der Waals surface area contributed by atoms with E-state index in [-0.39, 0.29) is 17.4 Å². The van der Waals surface area contributed by atoms with E-state index >= 15 is 0 Å². The summed E-state index contributed by atoms with van der Waals surface area (Å²) in [5.74, 6) is 0.648. The van der Waals surface area contributed by atoms with Gasteiger partial charge in [0.05, 0.1) is 18.2 Å². The number of rotatable bonds is 6. The fourth-order valence-electron chi connectivity index (χ4n) is 3.44. The first-order valence-electron chi connectivity index (χ1n) is 8.60. The molecule has 0 spiro atoms. The molecule has 132 valence electrons. The summed E-state index contributed by atoms with van der Waals surface area (Å²) in [6.45, 7) is 5.53. The van der Waals surface area contributed by atoms with Crippen LogP contribution in [0.2, 0.25) is 0 Å². The number of pyridine rings is 1. The zero-order valence-corrected chi connectivity index (χ0v) is 15.0. The molecule has 0 aliphatic heterocycles. The van der Waals surface area contributed by atoms with Gasteiger partial charge in [-0.25, -0.2) is 4.98 Å². The zero-order valence-electron chi connectivity index (χ0n) is 15.0. The number of hydrogen-bond donors (Lipinski definition) is 2. The minimum atomic E-state index is -0.136. The highest BCUT2D eigenvalue weighted by molar-refractivity contribution is 5.94. The number of benzene rings is 1. The van der Waals surface area contributed by atoms with Crippen molar-refractivity contribution < 1.29 is 9.53 Å². The molecule has 0 bridgehead atoms. The molecule has 2 aromatic rings. The Labute approximate surface area is 148 Å². The lowest BCUT2D eigenvalue weighted by atomic mass is 9.86. The molecule has 1 aromatic heterocycles. The Morgan fingerprint density at radius 2 is 2.08 bits per heavy atom. The van der Waals surface area contributed by atoms with Gasteiger partial charge >= 0.3 is 0 Å². The van der Waals surface area contributed by atoms with Gasteiger partial charge in [-0.15, -0.1) is 0 Å². The van der Waals surface area contributed by atoms with Crippen LogP contribution in [0.3, 0.4) is 0 Å². The smallest absolute Gasteiger partial charge is 0.252 e. The van der Waals surface area contributed by atoms with Crippen LogP contribution in [0.1, 0.15) is 47.8 Å². The molecule has 3 rings (SSSR count). The molecular weight excluding hydrogens is 314 g/mol. The summed E-state index contributed by atoms with van der Waals surface area (Å²) < 4.78 is 4.93. The lowest BCUT2D eigenvalue weighted by Crippen LogP contribution is -2.27. The normalized spacial score (nSPS) is 17.8. The molecule has 1 atom stereocenters. The van der Waals surface area contributed by atoms with Crippen molar-refractivity contribution in [1.82, 2.24) is 10.3 Å². The Hall–Kier alpha value is -2.40. The first kappa shape index (κ1) is 17.4. The fraction of sp³-hybridized carbons (Fsp3) is 0.400. The van der Waals surface area contributed by atoms with Crippen molar-refractivity contribution in [3.63, 3.8) is 0 Å². The van der Waals surface area contributed by atoms with E-state index in [0.29, 0.717) is 18.7 Å². The standard InChI is InChI=1S/C20H25N3O2/c1-20(2)12-17(15-6-4-5-7-16(15)20)23-18-9-8-14(13-22-18)19(24)21-10-11-25-3/h4-9,13,17H,10-12H2,1-3H3,(H,21,24)(H,22,23). The molecule has 2 N–H and O–H groups in total. The third-order valence-corrected chi connectivity index (χ3v) is 4.72. The monoisotopic (exact) mass is 339 g/mol. The molecule has 5 nitrogen and oxygen atoms in total. The van der Waals surface area contributed by atoms with Crippen LogP contribution in [0.15, 0.2) is 42.6 Å². The summed E-state index contributed by atoms with van der Waals surface area (Å²) in [4.78, 5) is 16.4. The summed E-state index contributed by atoms with van der Waals surface area (Å²) in [5.41, 5.74) is 3.42. The van der Waals surface area contributed by atoms with Crippen LogP contribution in [0.25, 0.3) is 0 Å². The summed E-state index contributed by atoms with van der Waals surface area (Å²) >= 11 is 0. The average Bonchev–Trinajstić information content (AvgIpc) is 2.87. The number of fused-ring (bicyclic) bond motifs is 1. The van der Waals surface area contributed by atoms with Gasteiger partial charge in [-0.1, -0.05) is 38.1 Å². The van der Waals surface area contributed by atoms with Crippen LogP contribution < -0.4 is 10.6 Å². The summed E-state index contributed by atoms with van der Waals surface area (Å²) in [6.07, 6.45) is 2.63. The van der Waals surface area contributed by atoms with Gasteiger partial charge < -0.3 is 15.4 Å². The number of carbonyl (C=O) groups excluding carboxylic acids is 1. The van der Waals surface area contributed by atoms with Crippen LogP contribution in [0, 0.1) is 0 Å². The molecule has 0 saturated heterocycles. The van der Waals surface area contributed by atoms with Crippen molar-refractivity contribution in [3.8, 4) is 0 Å². The lowest BCUT2D eigenvalue weighted by Gasteiger charge is -2.19. The summed E-state index contributed by atoms with van der Waals surface area (Å²) in [5, 5.41) is 6.30. The van der Waals surface area contributed by atoms with Crippen LogP contribution in [0.4, 0.5) is 5.82 Å². The van der Waals surface area contributed by atoms with E-state index in [1.165, 1.54) is 11.1 Å². The van der Waals surface area contributed by atoms with E-state index in [2.05, 4.69) is 53.7 Å². The largest absolute Gasteiger partial charge is 0.383 e. The minimum Gasteiger partial charge on any atom is -0.383 e. The van der Waals surface area contributed by atoms with Gasteiger partial charge in [-0.05, 0) is 35.1 Å². The number of aromatic nitrogens is 1. The number of nitrogens with zero attached hydrogens (tertiary/aromatic N) is 1. The number of nitrogens with one attached hydrogen (secondary N) is 2. The van der Waals surface area contributed by atoms with Gasteiger partial charge in [-0.3, -0.25) is 4.79 Å². The second-order valence-electron chi connectivity index (χ2n) is 7.05. The molecule has 1 aliphatic rings. The molecule has 0 radical (unpaired) electrons. The average molecular weight is 339 g/mol. The molecule has 1 aliphatic carbocycles. The fourth-order valence-corrected chi connectivity index (χ4v) is 3.44.